The van der Waals surface area contributed by atoms with Gasteiger partial charge in [-0.2, -0.15) is 0 Å². The molecule has 1 unspecified atom stereocenters. The van der Waals surface area contributed by atoms with Crippen LogP contribution in [-0.4, -0.2) is 44.2 Å². The fraction of sp³-hybridized carbons (Fsp3) is 0.421. The first-order valence-corrected chi connectivity index (χ1v) is 10.3. The van der Waals surface area contributed by atoms with E-state index < -0.39 is 0 Å². The maximum atomic E-state index is 12.9. The van der Waals surface area contributed by atoms with Gasteiger partial charge >= 0.3 is 0 Å². The van der Waals surface area contributed by atoms with Gasteiger partial charge in [0.1, 0.15) is 0 Å². The van der Waals surface area contributed by atoms with Crippen LogP contribution >= 0.6 is 34.5 Å². The van der Waals surface area contributed by atoms with Gasteiger partial charge in [-0.15, -0.1) is 11.3 Å². The van der Waals surface area contributed by atoms with Crippen molar-refractivity contribution >= 4 is 40.4 Å². The molecule has 0 bridgehead atoms. The molecule has 2 aromatic rings. The highest BCUT2D eigenvalue weighted by molar-refractivity contribution is 7.10. The molecular formula is C19H22Cl2N2O2S. The van der Waals surface area contributed by atoms with Crippen molar-refractivity contribution in [2.75, 3.05) is 33.4 Å². The summed E-state index contributed by atoms with van der Waals surface area (Å²) in [7, 11) is 1.68. The highest BCUT2D eigenvalue weighted by Gasteiger charge is 2.33. The lowest BCUT2D eigenvalue weighted by Gasteiger charge is -2.37. The van der Waals surface area contributed by atoms with E-state index in [1.165, 1.54) is 10.4 Å². The molecule has 0 saturated carbocycles. The number of amides is 1. The normalized spacial score (nSPS) is 16.6. The second kappa shape index (κ2) is 9.20. The number of fused-ring (bicyclic) bond motifs is 1. The van der Waals surface area contributed by atoms with E-state index in [0.717, 1.165) is 24.9 Å². The van der Waals surface area contributed by atoms with Crippen molar-refractivity contribution in [3.05, 3.63) is 55.7 Å². The molecule has 0 aliphatic carbocycles. The molecule has 7 heteroatoms. The quantitative estimate of drug-likeness (QED) is 0.694. The van der Waals surface area contributed by atoms with Crippen molar-refractivity contribution in [1.29, 1.82) is 0 Å². The predicted molar refractivity (Wildman–Crippen MR) is 107 cm³/mol. The summed E-state index contributed by atoms with van der Waals surface area (Å²) >= 11 is 14.3. The number of thiophene rings is 1. The molecule has 1 aromatic heterocycles. The molecule has 1 aromatic carbocycles. The zero-order chi connectivity index (χ0) is 18.5. The zero-order valence-corrected chi connectivity index (χ0v) is 17.0. The fourth-order valence-corrected chi connectivity index (χ4v) is 4.70. The highest BCUT2D eigenvalue weighted by atomic mass is 35.5. The minimum atomic E-state index is -0.164. The SMILES string of the molecule is COCCCNCC(=O)N1CCc2sccc2C1c1ccc(Cl)cc1Cl. The molecule has 1 N–H and O–H groups in total. The van der Waals surface area contributed by atoms with E-state index in [9.17, 15) is 4.79 Å². The minimum Gasteiger partial charge on any atom is -0.385 e. The number of hydrogen-bond donors (Lipinski definition) is 1. The Morgan fingerprint density at radius 3 is 2.96 bits per heavy atom. The van der Waals surface area contributed by atoms with Crippen LogP contribution in [-0.2, 0) is 16.0 Å². The maximum Gasteiger partial charge on any atom is 0.237 e. The van der Waals surface area contributed by atoms with Crippen molar-refractivity contribution in [1.82, 2.24) is 10.2 Å². The van der Waals surface area contributed by atoms with Crippen LogP contribution in [0.15, 0.2) is 29.6 Å². The molecule has 3 rings (SSSR count). The summed E-state index contributed by atoms with van der Waals surface area (Å²) in [5, 5.41) is 6.48. The predicted octanol–water partition coefficient (Wildman–Crippen LogP) is 4.16. The number of nitrogens with zero attached hydrogens (tertiary/aromatic N) is 1. The van der Waals surface area contributed by atoms with Crippen molar-refractivity contribution in [3.8, 4) is 0 Å². The number of carbonyl (C=O) groups excluding carboxylic acids is 1. The van der Waals surface area contributed by atoms with Crippen molar-refractivity contribution in [2.24, 2.45) is 0 Å². The van der Waals surface area contributed by atoms with Crippen LogP contribution in [0.1, 0.15) is 28.5 Å². The Bertz CT molecular complexity index is 766. The summed E-state index contributed by atoms with van der Waals surface area (Å²) in [6.45, 7) is 2.44. The third-order valence-electron chi connectivity index (χ3n) is 4.52. The smallest absolute Gasteiger partial charge is 0.237 e. The third-order valence-corrected chi connectivity index (χ3v) is 6.08. The highest BCUT2D eigenvalue weighted by Crippen LogP contribution is 2.40. The number of hydrogen-bond acceptors (Lipinski definition) is 4. The number of halogens is 2. The number of nitrogens with one attached hydrogen (secondary N) is 1. The van der Waals surface area contributed by atoms with E-state index in [-0.39, 0.29) is 11.9 Å². The van der Waals surface area contributed by atoms with E-state index in [4.69, 9.17) is 27.9 Å². The maximum absolute atomic E-state index is 12.9. The molecular weight excluding hydrogens is 391 g/mol. The van der Waals surface area contributed by atoms with Gasteiger partial charge in [-0.25, -0.2) is 0 Å². The third kappa shape index (κ3) is 4.41. The summed E-state index contributed by atoms with van der Waals surface area (Å²) in [5.41, 5.74) is 2.08. The van der Waals surface area contributed by atoms with Crippen LogP contribution in [0.4, 0.5) is 0 Å². The summed E-state index contributed by atoms with van der Waals surface area (Å²) < 4.78 is 5.03. The van der Waals surface area contributed by atoms with E-state index in [2.05, 4.69) is 16.8 Å². The van der Waals surface area contributed by atoms with E-state index in [1.54, 1.807) is 24.5 Å². The van der Waals surface area contributed by atoms with Crippen LogP contribution in [0.25, 0.3) is 0 Å². The number of carbonyl (C=O) groups is 1. The van der Waals surface area contributed by atoms with Crippen molar-refractivity contribution in [2.45, 2.75) is 18.9 Å². The lowest BCUT2D eigenvalue weighted by Crippen LogP contribution is -2.44. The number of benzene rings is 1. The minimum absolute atomic E-state index is 0.0790. The largest absolute Gasteiger partial charge is 0.385 e. The van der Waals surface area contributed by atoms with Gasteiger partial charge in [-0.05, 0) is 54.1 Å². The van der Waals surface area contributed by atoms with Gasteiger partial charge in [-0.1, -0.05) is 29.3 Å². The molecule has 4 nitrogen and oxygen atoms in total. The topological polar surface area (TPSA) is 41.6 Å². The van der Waals surface area contributed by atoms with Crippen molar-refractivity contribution < 1.29 is 9.53 Å². The second-order valence-corrected chi connectivity index (χ2v) is 8.07. The second-order valence-electron chi connectivity index (χ2n) is 6.23. The molecule has 1 aliphatic rings. The molecule has 2 heterocycles. The monoisotopic (exact) mass is 412 g/mol. The van der Waals surface area contributed by atoms with Crippen LogP contribution in [0.2, 0.25) is 10.0 Å². The van der Waals surface area contributed by atoms with Crippen LogP contribution < -0.4 is 5.32 Å². The Morgan fingerprint density at radius 2 is 2.19 bits per heavy atom. The number of ether oxygens (including phenoxy) is 1. The first-order chi connectivity index (χ1) is 12.6. The van der Waals surface area contributed by atoms with E-state index in [1.807, 2.05) is 17.0 Å². The Kier molecular flexibility index (Phi) is 6.95. The van der Waals surface area contributed by atoms with Crippen LogP contribution in [0.3, 0.4) is 0 Å². The van der Waals surface area contributed by atoms with Gasteiger partial charge in [0.15, 0.2) is 0 Å². The number of methoxy groups -OCH3 is 1. The van der Waals surface area contributed by atoms with Gasteiger partial charge < -0.3 is 15.0 Å². The van der Waals surface area contributed by atoms with Gasteiger partial charge in [0.25, 0.3) is 0 Å². The molecule has 1 aliphatic heterocycles. The molecule has 1 atom stereocenters. The average Bonchev–Trinajstić information content (AvgIpc) is 3.10. The Balaban J connectivity index is 1.81. The summed E-state index contributed by atoms with van der Waals surface area (Å²) in [4.78, 5) is 16.1. The first kappa shape index (κ1) is 19.6. The Hall–Kier alpha value is -1.11. The van der Waals surface area contributed by atoms with Gasteiger partial charge in [0.2, 0.25) is 5.91 Å². The standard InChI is InChI=1S/C19H22Cl2N2O2S/c1-25-9-2-7-22-12-18(24)23-8-5-17-15(6-10-26-17)19(23)14-4-3-13(20)11-16(14)21/h3-4,6,10-11,19,22H,2,5,7-9,12H2,1H3. The average molecular weight is 413 g/mol. The van der Waals surface area contributed by atoms with Gasteiger partial charge in [0, 0.05) is 35.2 Å². The molecule has 0 fully saturated rings. The molecule has 140 valence electrons. The summed E-state index contributed by atoms with van der Waals surface area (Å²) in [5.74, 6) is 0.0790. The lowest BCUT2D eigenvalue weighted by molar-refractivity contribution is -0.132. The summed E-state index contributed by atoms with van der Waals surface area (Å²) in [6, 6.07) is 7.43. The van der Waals surface area contributed by atoms with Gasteiger partial charge in [-0.3, -0.25) is 4.79 Å². The van der Waals surface area contributed by atoms with Gasteiger partial charge in [0.05, 0.1) is 12.6 Å². The summed E-state index contributed by atoms with van der Waals surface area (Å²) in [6.07, 6.45) is 1.76. The zero-order valence-electron chi connectivity index (χ0n) is 14.6. The molecule has 0 saturated heterocycles. The van der Waals surface area contributed by atoms with Crippen LogP contribution in [0, 0.1) is 0 Å². The van der Waals surface area contributed by atoms with Crippen molar-refractivity contribution in [3.63, 3.8) is 0 Å². The molecule has 0 spiro atoms. The molecule has 26 heavy (non-hydrogen) atoms. The van der Waals surface area contributed by atoms with Crippen LogP contribution in [0.5, 0.6) is 0 Å². The molecule has 1 amide bonds. The van der Waals surface area contributed by atoms with E-state index in [0.29, 0.717) is 29.7 Å². The fourth-order valence-electron chi connectivity index (χ4n) is 3.28. The number of rotatable bonds is 7. The molecule has 0 radical (unpaired) electrons. The first-order valence-electron chi connectivity index (χ1n) is 8.62. The Morgan fingerprint density at radius 1 is 1.35 bits per heavy atom. The lowest BCUT2D eigenvalue weighted by atomic mass is 9.93. The Labute approximate surface area is 168 Å². The van der Waals surface area contributed by atoms with E-state index >= 15 is 0 Å².